The number of aromatic nitrogens is 2. The van der Waals surface area contributed by atoms with Gasteiger partial charge in [0.05, 0.1) is 5.69 Å². The zero-order chi connectivity index (χ0) is 15.7. The third-order valence-corrected chi connectivity index (χ3v) is 4.65. The van der Waals surface area contributed by atoms with Gasteiger partial charge in [-0.15, -0.1) is 0 Å². The Balaban J connectivity index is 2.16. The molecule has 0 amide bonds. The van der Waals surface area contributed by atoms with E-state index in [1.807, 2.05) is 19.2 Å². The van der Waals surface area contributed by atoms with Crippen LogP contribution in [0.15, 0.2) is 24.5 Å². The van der Waals surface area contributed by atoms with E-state index in [1.54, 1.807) is 6.20 Å². The van der Waals surface area contributed by atoms with Gasteiger partial charge >= 0.3 is 0 Å². The summed E-state index contributed by atoms with van der Waals surface area (Å²) in [5.41, 5.74) is 17.2. The molecule has 0 saturated heterocycles. The van der Waals surface area contributed by atoms with E-state index in [1.165, 1.54) is 31.2 Å². The quantitative estimate of drug-likeness (QED) is 0.877. The van der Waals surface area contributed by atoms with Crippen molar-refractivity contribution in [2.75, 3.05) is 11.5 Å². The predicted octanol–water partition coefficient (Wildman–Crippen LogP) is 3.91. The van der Waals surface area contributed by atoms with Gasteiger partial charge in [-0.05, 0) is 55.7 Å². The van der Waals surface area contributed by atoms with Crippen LogP contribution in [0.4, 0.5) is 11.5 Å². The molecule has 4 heteroatoms. The van der Waals surface area contributed by atoms with Crippen LogP contribution in [0.2, 0.25) is 0 Å². The molecule has 116 valence electrons. The largest absolute Gasteiger partial charge is 0.395 e. The van der Waals surface area contributed by atoms with Gasteiger partial charge in [0.2, 0.25) is 0 Å². The van der Waals surface area contributed by atoms with E-state index in [0.29, 0.717) is 17.4 Å². The zero-order valence-corrected chi connectivity index (χ0v) is 13.3. The molecular formula is C18H24N4. The first kappa shape index (κ1) is 14.8. The monoisotopic (exact) mass is 296 g/mol. The van der Waals surface area contributed by atoms with Crippen LogP contribution in [0.3, 0.4) is 0 Å². The van der Waals surface area contributed by atoms with Crippen molar-refractivity contribution >= 4 is 11.5 Å². The summed E-state index contributed by atoms with van der Waals surface area (Å²) in [6, 6.07) is 4.12. The molecule has 0 radical (unpaired) electrons. The lowest BCUT2D eigenvalue weighted by Gasteiger charge is -2.22. The van der Waals surface area contributed by atoms with E-state index in [0.717, 1.165) is 22.7 Å². The highest BCUT2D eigenvalue weighted by Gasteiger charge is 2.33. The molecule has 1 saturated carbocycles. The van der Waals surface area contributed by atoms with Gasteiger partial charge in [0.25, 0.3) is 0 Å². The van der Waals surface area contributed by atoms with Crippen molar-refractivity contribution in [3.05, 3.63) is 35.8 Å². The van der Waals surface area contributed by atoms with Crippen LogP contribution in [-0.2, 0) is 0 Å². The summed E-state index contributed by atoms with van der Waals surface area (Å²) in [5, 5.41) is 0. The maximum Gasteiger partial charge on any atom is 0.147 e. The van der Waals surface area contributed by atoms with Crippen LogP contribution in [0.5, 0.6) is 0 Å². The first-order chi connectivity index (χ1) is 10.6. The van der Waals surface area contributed by atoms with Crippen molar-refractivity contribution in [2.45, 2.75) is 45.4 Å². The fourth-order valence-electron chi connectivity index (χ4n) is 3.41. The second-order valence-corrected chi connectivity index (χ2v) is 6.25. The van der Waals surface area contributed by atoms with E-state index in [4.69, 9.17) is 11.5 Å². The molecule has 0 spiro atoms. The number of nitrogens with zero attached hydrogens (tertiary/aromatic N) is 2. The van der Waals surface area contributed by atoms with Crippen molar-refractivity contribution in [3.8, 4) is 11.1 Å². The average Bonchev–Trinajstić information content (AvgIpc) is 3.33. The minimum absolute atomic E-state index is 0.394. The summed E-state index contributed by atoms with van der Waals surface area (Å²) in [6.07, 6.45) is 8.71. The third kappa shape index (κ3) is 2.65. The molecule has 4 N–H and O–H groups in total. The fraction of sp³-hybridized carbons (Fsp3) is 0.444. The van der Waals surface area contributed by atoms with Gasteiger partial charge in [-0.3, -0.25) is 4.98 Å². The standard InChI is InChI=1S/C18H24N4/c1-3-4-13(12-5-6-12)14-7-9-21-11(2)16(14)15-8-10-22-18(20)17(15)19/h7-10,12-13H,3-6,19H2,1-2H3,(H2,20,22). The highest BCUT2D eigenvalue weighted by Crippen LogP contribution is 2.48. The molecule has 4 nitrogen and oxygen atoms in total. The van der Waals surface area contributed by atoms with Crippen molar-refractivity contribution in [3.63, 3.8) is 0 Å². The normalized spacial score (nSPS) is 15.7. The fourth-order valence-corrected chi connectivity index (χ4v) is 3.41. The van der Waals surface area contributed by atoms with Crippen LogP contribution in [-0.4, -0.2) is 9.97 Å². The molecule has 2 heterocycles. The molecule has 3 rings (SSSR count). The van der Waals surface area contributed by atoms with Gasteiger partial charge in [0, 0.05) is 29.2 Å². The minimum Gasteiger partial charge on any atom is -0.395 e. The van der Waals surface area contributed by atoms with Gasteiger partial charge in [0.1, 0.15) is 5.82 Å². The van der Waals surface area contributed by atoms with E-state index in [2.05, 4.69) is 23.0 Å². The number of nitrogen functional groups attached to an aromatic ring is 2. The summed E-state index contributed by atoms with van der Waals surface area (Å²) in [4.78, 5) is 8.58. The first-order valence-corrected chi connectivity index (χ1v) is 8.09. The lowest BCUT2D eigenvalue weighted by atomic mass is 9.84. The van der Waals surface area contributed by atoms with Crippen molar-refractivity contribution in [1.29, 1.82) is 0 Å². The average molecular weight is 296 g/mol. The Bertz CT molecular complexity index is 677. The number of rotatable bonds is 5. The van der Waals surface area contributed by atoms with Crippen LogP contribution in [0.25, 0.3) is 11.1 Å². The van der Waals surface area contributed by atoms with Crippen LogP contribution >= 0.6 is 0 Å². The van der Waals surface area contributed by atoms with Crippen LogP contribution in [0.1, 0.15) is 49.8 Å². The molecule has 1 fully saturated rings. The minimum atomic E-state index is 0.394. The lowest BCUT2D eigenvalue weighted by molar-refractivity contribution is 0.550. The Hall–Kier alpha value is -2.10. The Morgan fingerprint density at radius 3 is 2.59 bits per heavy atom. The summed E-state index contributed by atoms with van der Waals surface area (Å²) in [7, 11) is 0. The smallest absolute Gasteiger partial charge is 0.147 e. The van der Waals surface area contributed by atoms with Gasteiger partial charge in [-0.25, -0.2) is 4.98 Å². The van der Waals surface area contributed by atoms with Crippen molar-refractivity contribution in [2.24, 2.45) is 5.92 Å². The van der Waals surface area contributed by atoms with Gasteiger partial charge in [-0.1, -0.05) is 13.3 Å². The molecule has 0 aliphatic heterocycles. The Kier molecular flexibility index (Phi) is 4.01. The van der Waals surface area contributed by atoms with Crippen LogP contribution < -0.4 is 11.5 Å². The van der Waals surface area contributed by atoms with Crippen molar-refractivity contribution in [1.82, 2.24) is 9.97 Å². The highest BCUT2D eigenvalue weighted by molar-refractivity contribution is 5.85. The SMILES string of the molecule is CCCC(c1ccnc(C)c1-c1ccnc(N)c1N)C1CC1. The Morgan fingerprint density at radius 1 is 1.18 bits per heavy atom. The van der Waals surface area contributed by atoms with Gasteiger partial charge in [-0.2, -0.15) is 0 Å². The first-order valence-electron chi connectivity index (χ1n) is 8.09. The number of aryl methyl sites for hydroxylation is 1. The second kappa shape index (κ2) is 5.95. The second-order valence-electron chi connectivity index (χ2n) is 6.25. The topological polar surface area (TPSA) is 77.8 Å². The summed E-state index contributed by atoms with van der Waals surface area (Å²) in [5.74, 6) is 1.79. The molecule has 1 aliphatic carbocycles. The van der Waals surface area contributed by atoms with E-state index in [9.17, 15) is 0 Å². The molecular weight excluding hydrogens is 272 g/mol. The van der Waals surface area contributed by atoms with E-state index in [-0.39, 0.29) is 0 Å². The van der Waals surface area contributed by atoms with Crippen molar-refractivity contribution < 1.29 is 0 Å². The Labute approximate surface area is 132 Å². The number of pyridine rings is 2. The molecule has 1 unspecified atom stereocenters. The summed E-state index contributed by atoms with van der Waals surface area (Å²) < 4.78 is 0. The number of anilines is 2. The van der Waals surface area contributed by atoms with E-state index >= 15 is 0 Å². The molecule has 0 aromatic carbocycles. The lowest BCUT2D eigenvalue weighted by Crippen LogP contribution is -2.07. The molecule has 2 aromatic heterocycles. The molecule has 2 aromatic rings. The van der Waals surface area contributed by atoms with Crippen LogP contribution in [0, 0.1) is 12.8 Å². The molecule has 0 bridgehead atoms. The van der Waals surface area contributed by atoms with Gasteiger partial charge in [0.15, 0.2) is 0 Å². The molecule has 1 aliphatic rings. The number of hydrogen-bond acceptors (Lipinski definition) is 4. The highest BCUT2D eigenvalue weighted by atomic mass is 14.9. The third-order valence-electron chi connectivity index (χ3n) is 4.65. The van der Waals surface area contributed by atoms with Gasteiger partial charge < -0.3 is 11.5 Å². The summed E-state index contributed by atoms with van der Waals surface area (Å²) in [6.45, 7) is 4.30. The maximum absolute atomic E-state index is 6.20. The summed E-state index contributed by atoms with van der Waals surface area (Å²) >= 11 is 0. The predicted molar refractivity (Wildman–Crippen MR) is 91.4 cm³/mol. The molecule has 1 atom stereocenters. The maximum atomic E-state index is 6.20. The zero-order valence-electron chi connectivity index (χ0n) is 13.3. The Morgan fingerprint density at radius 2 is 1.91 bits per heavy atom. The number of hydrogen-bond donors (Lipinski definition) is 2. The van der Waals surface area contributed by atoms with E-state index < -0.39 is 0 Å². The number of nitrogens with two attached hydrogens (primary N) is 2. The molecule has 22 heavy (non-hydrogen) atoms.